The van der Waals surface area contributed by atoms with Gasteiger partial charge in [0, 0.05) is 16.6 Å². The van der Waals surface area contributed by atoms with Gasteiger partial charge in [0.15, 0.2) is 0 Å². The lowest BCUT2D eigenvalue weighted by Crippen LogP contribution is -2.40. The maximum absolute atomic E-state index is 12.3. The topological polar surface area (TPSA) is 49.4 Å². The Morgan fingerprint density at radius 2 is 1.90 bits per heavy atom. The van der Waals surface area contributed by atoms with Crippen LogP contribution in [0.5, 0.6) is 0 Å². The van der Waals surface area contributed by atoms with Crippen molar-refractivity contribution in [1.29, 1.82) is 0 Å². The van der Waals surface area contributed by atoms with Gasteiger partial charge in [0.25, 0.3) is 0 Å². The second kappa shape index (κ2) is 5.30. The number of nitrogens with one attached hydrogen (secondary N) is 1. The molecule has 2 amide bonds. The highest BCUT2D eigenvalue weighted by Gasteiger charge is 2.46. The molecule has 1 saturated carbocycles. The van der Waals surface area contributed by atoms with Gasteiger partial charge in [-0.3, -0.25) is 19.8 Å². The van der Waals surface area contributed by atoms with Gasteiger partial charge >= 0.3 is 0 Å². The number of imide groups is 1. The summed E-state index contributed by atoms with van der Waals surface area (Å²) in [7, 11) is 0. The molecule has 0 radical (unpaired) electrons. The third kappa shape index (κ3) is 2.65. The normalized spacial score (nSPS) is 24.3. The molecule has 1 N–H and O–H groups in total. The summed E-state index contributed by atoms with van der Waals surface area (Å²) in [6.45, 7) is 2.01. The third-order valence-corrected chi connectivity index (χ3v) is 4.44. The second-order valence-corrected chi connectivity index (χ2v) is 6.45. The average molecular weight is 337 g/mol. The van der Waals surface area contributed by atoms with Crippen LogP contribution in [0.15, 0.2) is 28.7 Å². The molecule has 1 aliphatic heterocycles. The number of rotatable bonds is 4. The van der Waals surface area contributed by atoms with E-state index in [0.717, 1.165) is 22.9 Å². The van der Waals surface area contributed by atoms with Crippen LogP contribution < -0.4 is 5.32 Å². The smallest absolute Gasteiger partial charge is 0.247 e. The Morgan fingerprint density at radius 3 is 2.50 bits per heavy atom. The zero-order valence-electron chi connectivity index (χ0n) is 11.3. The van der Waals surface area contributed by atoms with Gasteiger partial charge in [-0.1, -0.05) is 28.1 Å². The maximum atomic E-state index is 12.3. The maximum Gasteiger partial charge on any atom is 0.247 e. The van der Waals surface area contributed by atoms with Crippen LogP contribution in [0.25, 0.3) is 0 Å². The molecule has 1 heterocycles. The highest BCUT2D eigenvalue weighted by Crippen LogP contribution is 2.32. The summed E-state index contributed by atoms with van der Waals surface area (Å²) >= 11 is 3.41. The van der Waals surface area contributed by atoms with Gasteiger partial charge in [-0.05, 0) is 37.5 Å². The number of carbonyl (C=O) groups excluding carboxylic acids is 2. The van der Waals surface area contributed by atoms with E-state index in [9.17, 15) is 9.59 Å². The molecule has 2 unspecified atom stereocenters. The lowest BCUT2D eigenvalue weighted by Gasteiger charge is -2.19. The van der Waals surface area contributed by atoms with Crippen molar-refractivity contribution in [2.24, 2.45) is 0 Å². The van der Waals surface area contributed by atoms with Gasteiger partial charge in [-0.25, -0.2) is 0 Å². The van der Waals surface area contributed by atoms with E-state index < -0.39 is 0 Å². The molecule has 1 aromatic carbocycles. The Kier molecular flexibility index (Phi) is 3.65. The van der Waals surface area contributed by atoms with E-state index in [-0.39, 0.29) is 36.4 Å². The van der Waals surface area contributed by atoms with E-state index in [1.54, 1.807) is 0 Å². The number of halogens is 1. The first-order valence-corrected chi connectivity index (χ1v) is 7.73. The van der Waals surface area contributed by atoms with E-state index in [1.165, 1.54) is 4.90 Å². The second-order valence-electron chi connectivity index (χ2n) is 5.53. The van der Waals surface area contributed by atoms with Crippen molar-refractivity contribution in [3.8, 4) is 0 Å². The Balaban J connectivity index is 1.67. The van der Waals surface area contributed by atoms with Crippen LogP contribution in [0.1, 0.15) is 37.8 Å². The first kappa shape index (κ1) is 13.8. The minimum atomic E-state index is -0.373. The van der Waals surface area contributed by atoms with Crippen LogP contribution in [0.3, 0.4) is 0 Å². The molecule has 1 aromatic rings. The zero-order valence-corrected chi connectivity index (χ0v) is 12.9. The molecule has 20 heavy (non-hydrogen) atoms. The number of hydrogen-bond donors (Lipinski definition) is 1. The van der Waals surface area contributed by atoms with Crippen LogP contribution in [0.2, 0.25) is 0 Å². The quantitative estimate of drug-likeness (QED) is 0.859. The van der Waals surface area contributed by atoms with Crippen LogP contribution in [-0.4, -0.2) is 28.8 Å². The van der Waals surface area contributed by atoms with Gasteiger partial charge in [0.2, 0.25) is 11.8 Å². The van der Waals surface area contributed by atoms with E-state index in [0.29, 0.717) is 0 Å². The van der Waals surface area contributed by atoms with E-state index in [2.05, 4.69) is 21.2 Å². The molecule has 1 saturated heterocycles. The van der Waals surface area contributed by atoms with Gasteiger partial charge < -0.3 is 0 Å². The summed E-state index contributed by atoms with van der Waals surface area (Å²) in [5.41, 5.74) is 1.11. The van der Waals surface area contributed by atoms with Gasteiger partial charge in [-0.2, -0.15) is 0 Å². The van der Waals surface area contributed by atoms with Crippen LogP contribution in [0, 0.1) is 0 Å². The SMILES string of the molecule is CC(NC1CC(=O)N(C2CC2)C1=O)c1ccc(Br)cc1. The molecule has 0 aromatic heterocycles. The first-order valence-electron chi connectivity index (χ1n) is 6.93. The van der Waals surface area contributed by atoms with Crippen LogP contribution in [0.4, 0.5) is 0 Å². The number of nitrogens with zero attached hydrogens (tertiary/aromatic N) is 1. The molecule has 2 atom stereocenters. The van der Waals surface area contributed by atoms with Crippen molar-refractivity contribution in [1.82, 2.24) is 10.2 Å². The van der Waals surface area contributed by atoms with Crippen molar-refractivity contribution >= 4 is 27.7 Å². The monoisotopic (exact) mass is 336 g/mol. The lowest BCUT2D eigenvalue weighted by atomic mass is 10.1. The molecule has 3 rings (SSSR count). The largest absolute Gasteiger partial charge is 0.299 e. The molecule has 2 fully saturated rings. The summed E-state index contributed by atoms with van der Waals surface area (Å²) in [4.78, 5) is 25.6. The Hall–Kier alpha value is -1.20. The highest BCUT2D eigenvalue weighted by molar-refractivity contribution is 9.10. The summed E-state index contributed by atoms with van der Waals surface area (Å²) in [5, 5.41) is 3.28. The molecule has 106 valence electrons. The Labute approximate surface area is 126 Å². The standard InChI is InChI=1S/C15H17BrN2O2/c1-9(10-2-4-11(16)5-3-10)17-13-8-14(19)18(15(13)20)12-6-7-12/h2-5,9,12-13,17H,6-8H2,1H3. The third-order valence-electron chi connectivity index (χ3n) is 3.92. The lowest BCUT2D eigenvalue weighted by molar-refractivity contribution is -0.139. The Bertz CT molecular complexity index is 539. The zero-order chi connectivity index (χ0) is 14.3. The average Bonchev–Trinajstić information content (AvgIpc) is 3.19. The Morgan fingerprint density at radius 1 is 1.25 bits per heavy atom. The molecule has 2 aliphatic rings. The fourth-order valence-electron chi connectivity index (χ4n) is 2.65. The van der Waals surface area contributed by atoms with Gasteiger partial charge in [0.1, 0.15) is 0 Å². The molecule has 0 bridgehead atoms. The predicted octanol–water partition coefficient (Wildman–Crippen LogP) is 2.39. The highest BCUT2D eigenvalue weighted by atomic mass is 79.9. The molecule has 1 aliphatic carbocycles. The van der Waals surface area contributed by atoms with Crippen molar-refractivity contribution < 1.29 is 9.59 Å². The number of carbonyl (C=O) groups is 2. The predicted molar refractivity (Wildman–Crippen MR) is 79.0 cm³/mol. The van der Waals surface area contributed by atoms with Crippen molar-refractivity contribution in [3.05, 3.63) is 34.3 Å². The summed E-state index contributed by atoms with van der Waals surface area (Å²) in [5.74, 6) is -0.0838. The molecular weight excluding hydrogens is 320 g/mol. The van der Waals surface area contributed by atoms with E-state index in [4.69, 9.17) is 0 Å². The minimum Gasteiger partial charge on any atom is -0.299 e. The molecule has 4 nitrogen and oxygen atoms in total. The fraction of sp³-hybridized carbons (Fsp3) is 0.467. The first-order chi connectivity index (χ1) is 9.56. The van der Waals surface area contributed by atoms with Crippen molar-refractivity contribution in [3.63, 3.8) is 0 Å². The number of likely N-dealkylation sites (tertiary alicyclic amines) is 1. The fourth-order valence-corrected chi connectivity index (χ4v) is 2.91. The number of benzene rings is 1. The number of amides is 2. The van der Waals surface area contributed by atoms with E-state index >= 15 is 0 Å². The summed E-state index contributed by atoms with van der Waals surface area (Å²) in [6, 6.07) is 7.83. The van der Waals surface area contributed by atoms with Crippen molar-refractivity contribution in [2.45, 2.75) is 44.3 Å². The van der Waals surface area contributed by atoms with Crippen LogP contribution >= 0.6 is 15.9 Å². The number of hydrogen-bond acceptors (Lipinski definition) is 3. The van der Waals surface area contributed by atoms with Gasteiger partial charge in [-0.15, -0.1) is 0 Å². The molecular formula is C15H17BrN2O2. The van der Waals surface area contributed by atoms with Crippen LogP contribution in [-0.2, 0) is 9.59 Å². The van der Waals surface area contributed by atoms with Crippen molar-refractivity contribution in [2.75, 3.05) is 0 Å². The molecule has 5 heteroatoms. The summed E-state index contributed by atoms with van der Waals surface area (Å²) in [6.07, 6.45) is 2.22. The van der Waals surface area contributed by atoms with Gasteiger partial charge in [0.05, 0.1) is 12.5 Å². The van der Waals surface area contributed by atoms with E-state index in [1.807, 2.05) is 31.2 Å². The molecule has 0 spiro atoms. The minimum absolute atomic E-state index is 0.0296. The summed E-state index contributed by atoms with van der Waals surface area (Å²) < 4.78 is 1.03.